The van der Waals surface area contributed by atoms with Gasteiger partial charge in [0.25, 0.3) is 11.6 Å². The molecule has 0 aliphatic carbocycles. The molecule has 0 fully saturated rings. The van der Waals surface area contributed by atoms with Gasteiger partial charge in [-0.05, 0) is 38.5 Å². The van der Waals surface area contributed by atoms with Crippen LogP contribution in [-0.2, 0) is 14.3 Å². The van der Waals surface area contributed by atoms with Crippen molar-refractivity contribution in [2.24, 2.45) is 0 Å². The summed E-state index contributed by atoms with van der Waals surface area (Å²) >= 11 is 1.52. The molecular formula is C19H20N2O6S. The van der Waals surface area contributed by atoms with E-state index in [0.717, 1.165) is 9.75 Å². The minimum atomic E-state index is -0.645. The van der Waals surface area contributed by atoms with E-state index < -0.39 is 23.4 Å². The Morgan fingerprint density at radius 3 is 2.43 bits per heavy atom. The summed E-state index contributed by atoms with van der Waals surface area (Å²) in [5.74, 6) is -1.35. The van der Waals surface area contributed by atoms with Crippen LogP contribution >= 0.6 is 11.3 Å². The molecule has 1 aromatic heterocycles. The zero-order chi connectivity index (χ0) is 20.8. The second kappa shape index (κ2) is 9.23. The summed E-state index contributed by atoms with van der Waals surface area (Å²) in [6.07, 6.45) is -0.101. The van der Waals surface area contributed by atoms with Crippen LogP contribution in [0.25, 0.3) is 0 Å². The summed E-state index contributed by atoms with van der Waals surface area (Å²) in [6.45, 7) is 4.89. The number of ether oxygens (including phenoxy) is 1. The van der Waals surface area contributed by atoms with E-state index >= 15 is 0 Å². The summed E-state index contributed by atoms with van der Waals surface area (Å²) in [6, 6.07) is 5.82. The number of hydrogen-bond acceptors (Lipinski definition) is 7. The number of amides is 1. The Labute approximate surface area is 165 Å². The number of nitrogens with zero attached hydrogens (tertiary/aromatic N) is 1. The van der Waals surface area contributed by atoms with Crippen LogP contribution in [0.3, 0.4) is 0 Å². The Bertz CT molecular complexity index is 935. The Hall–Kier alpha value is -3.07. The van der Waals surface area contributed by atoms with Crippen molar-refractivity contribution in [3.8, 4) is 0 Å². The number of non-ortho nitro benzene ring substituents is 1. The first-order valence-electron chi connectivity index (χ1n) is 8.48. The second-order valence-electron chi connectivity index (χ2n) is 6.22. The molecule has 2 aromatic rings. The largest absolute Gasteiger partial charge is 0.456 e. The van der Waals surface area contributed by atoms with E-state index in [1.165, 1.54) is 29.5 Å². The predicted octanol–water partition coefficient (Wildman–Crippen LogP) is 3.73. The third kappa shape index (κ3) is 5.71. The fourth-order valence-corrected chi connectivity index (χ4v) is 3.51. The number of ketones is 1. The highest BCUT2D eigenvalue weighted by Crippen LogP contribution is 2.23. The number of hydrogen-bond donors (Lipinski definition) is 1. The molecule has 1 heterocycles. The quantitative estimate of drug-likeness (QED) is 0.310. The number of nitro benzene ring substituents is 1. The van der Waals surface area contributed by atoms with E-state index in [9.17, 15) is 24.5 Å². The van der Waals surface area contributed by atoms with Crippen molar-refractivity contribution < 1.29 is 24.0 Å². The maximum Gasteiger partial charge on any atom is 0.306 e. The number of anilines is 1. The molecule has 1 aromatic carbocycles. The molecule has 0 atom stereocenters. The van der Waals surface area contributed by atoms with Gasteiger partial charge in [-0.2, -0.15) is 0 Å². The molecule has 148 valence electrons. The molecule has 2 rings (SSSR count). The Kier molecular flexibility index (Phi) is 7.00. The molecule has 0 spiro atoms. The summed E-state index contributed by atoms with van der Waals surface area (Å²) in [5, 5.41) is 13.2. The van der Waals surface area contributed by atoms with Crippen molar-refractivity contribution in [1.29, 1.82) is 0 Å². The standard InChI is InChI=1S/C19H20N2O6S/c1-11-8-14(21(25)26)4-5-16(11)20-18(23)10-27-19(24)7-6-17(22)15-9-12(2)28-13(15)3/h4-5,8-9H,6-7,10H2,1-3H3,(H,20,23). The van der Waals surface area contributed by atoms with Crippen molar-refractivity contribution in [3.05, 3.63) is 55.3 Å². The lowest BCUT2D eigenvalue weighted by Gasteiger charge is -2.09. The van der Waals surface area contributed by atoms with E-state index in [0.29, 0.717) is 16.8 Å². The van der Waals surface area contributed by atoms with Gasteiger partial charge in [-0.15, -0.1) is 11.3 Å². The molecule has 0 radical (unpaired) electrons. The Morgan fingerprint density at radius 1 is 1.14 bits per heavy atom. The number of carbonyl (C=O) groups is 3. The summed E-state index contributed by atoms with van der Waals surface area (Å²) in [7, 11) is 0. The van der Waals surface area contributed by atoms with E-state index in [2.05, 4.69) is 5.32 Å². The third-order valence-corrected chi connectivity index (χ3v) is 4.92. The van der Waals surface area contributed by atoms with Gasteiger partial charge >= 0.3 is 5.97 Å². The molecular weight excluding hydrogens is 384 g/mol. The number of benzene rings is 1. The van der Waals surface area contributed by atoms with E-state index in [-0.39, 0.29) is 24.3 Å². The minimum Gasteiger partial charge on any atom is -0.456 e. The van der Waals surface area contributed by atoms with E-state index in [1.807, 2.05) is 13.8 Å². The first kappa shape index (κ1) is 21.2. The molecule has 0 aliphatic rings. The van der Waals surface area contributed by atoms with Crippen LogP contribution in [0.2, 0.25) is 0 Å². The van der Waals surface area contributed by atoms with Crippen molar-refractivity contribution in [3.63, 3.8) is 0 Å². The topological polar surface area (TPSA) is 116 Å². The third-order valence-electron chi connectivity index (χ3n) is 3.96. The minimum absolute atomic E-state index is 0.0128. The number of aryl methyl sites for hydroxylation is 3. The molecule has 9 heteroatoms. The fraction of sp³-hybridized carbons (Fsp3) is 0.316. The zero-order valence-corrected chi connectivity index (χ0v) is 16.6. The number of Topliss-reactive ketones (excluding diaryl/α,β-unsaturated/α-hetero) is 1. The monoisotopic (exact) mass is 404 g/mol. The smallest absolute Gasteiger partial charge is 0.306 e. The van der Waals surface area contributed by atoms with Crippen LogP contribution < -0.4 is 5.32 Å². The average Bonchev–Trinajstić information content (AvgIpc) is 2.97. The lowest BCUT2D eigenvalue weighted by Crippen LogP contribution is -2.21. The number of nitrogens with one attached hydrogen (secondary N) is 1. The first-order valence-corrected chi connectivity index (χ1v) is 9.29. The van der Waals surface area contributed by atoms with Crippen LogP contribution in [0, 0.1) is 30.9 Å². The number of carbonyl (C=O) groups excluding carboxylic acids is 3. The van der Waals surface area contributed by atoms with Gasteiger partial charge in [0.05, 0.1) is 11.3 Å². The van der Waals surface area contributed by atoms with Crippen LogP contribution in [0.4, 0.5) is 11.4 Å². The van der Waals surface area contributed by atoms with Crippen molar-refractivity contribution in [2.45, 2.75) is 33.6 Å². The maximum absolute atomic E-state index is 12.1. The maximum atomic E-state index is 12.1. The van der Waals surface area contributed by atoms with Crippen molar-refractivity contribution >= 4 is 40.4 Å². The lowest BCUT2D eigenvalue weighted by molar-refractivity contribution is -0.384. The molecule has 0 saturated heterocycles. The summed E-state index contributed by atoms with van der Waals surface area (Å²) < 4.78 is 4.89. The molecule has 28 heavy (non-hydrogen) atoms. The van der Waals surface area contributed by atoms with Crippen LogP contribution in [0.15, 0.2) is 24.3 Å². The molecule has 0 saturated carbocycles. The normalized spacial score (nSPS) is 10.4. The van der Waals surface area contributed by atoms with Crippen LogP contribution in [0.1, 0.15) is 38.5 Å². The number of rotatable bonds is 8. The highest BCUT2D eigenvalue weighted by Gasteiger charge is 2.16. The number of thiophene rings is 1. The molecule has 8 nitrogen and oxygen atoms in total. The van der Waals surface area contributed by atoms with E-state index in [4.69, 9.17) is 4.74 Å². The molecule has 0 unspecified atom stereocenters. The summed E-state index contributed by atoms with van der Waals surface area (Å²) in [4.78, 5) is 48.0. The SMILES string of the molecule is Cc1cc(C(=O)CCC(=O)OCC(=O)Nc2ccc([N+](=O)[O-])cc2C)c(C)s1. The van der Waals surface area contributed by atoms with Gasteiger partial charge in [0.2, 0.25) is 0 Å². The molecule has 1 N–H and O–H groups in total. The van der Waals surface area contributed by atoms with Crippen molar-refractivity contribution in [2.75, 3.05) is 11.9 Å². The zero-order valence-electron chi connectivity index (χ0n) is 15.7. The van der Waals surface area contributed by atoms with Crippen LogP contribution in [0.5, 0.6) is 0 Å². The van der Waals surface area contributed by atoms with Gasteiger partial charge in [-0.25, -0.2) is 0 Å². The molecule has 0 aliphatic heterocycles. The van der Waals surface area contributed by atoms with Gasteiger partial charge < -0.3 is 10.1 Å². The van der Waals surface area contributed by atoms with Gasteiger partial charge in [-0.3, -0.25) is 24.5 Å². The predicted molar refractivity (Wildman–Crippen MR) is 105 cm³/mol. The molecule has 1 amide bonds. The van der Waals surface area contributed by atoms with Crippen molar-refractivity contribution in [1.82, 2.24) is 0 Å². The lowest BCUT2D eigenvalue weighted by atomic mass is 10.1. The number of nitro groups is 1. The van der Waals surface area contributed by atoms with Gasteiger partial charge in [0.1, 0.15) is 0 Å². The number of esters is 1. The first-order chi connectivity index (χ1) is 13.2. The Balaban J connectivity index is 1.79. The molecule has 0 bridgehead atoms. The van der Waals surface area contributed by atoms with Crippen LogP contribution in [-0.4, -0.2) is 29.2 Å². The highest BCUT2D eigenvalue weighted by molar-refractivity contribution is 7.12. The van der Waals surface area contributed by atoms with Gasteiger partial charge in [0.15, 0.2) is 12.4 Å². The van der Waals surface area contributed by atoms with E-state index in [1.54, 1.807) is 13.0 Å². The average molecular weight is 404 g/mol. The second-order valence-corrected chi connectivity index (χ2v) is 7.68. The summed E-state index contributed by atoms with van der Waals surface area (Å²) in [5.41, 5.74) is 1.44. The van der Waals surface area contributed by atoms with Gasteiger partial charge in [-0.1, -0.05) is 0 Å². The van der Waals surface area contributed by atoms with Gasteiger partial charge in [0, 0.05) is 39.6 Å². The fourth-order valence-electron chi connectivity index (χ4n) is 2.56. The Morgan fingerprint density at radius 2 is 1.86 bits per heavy atom. The highest BCUT2D eigenvalue weighted by atomic mass is 32.1.